The Morgan fingerprint density at radius 1 is 1.00 bits per heavy atom. The molecule has 0 aliphatic rings. The highest BCUT2D eigenvalue weighted by molar-refractivity contribution is 6.02. The van der Waals surface area contributed by atoms with Crippen molar-refractivity contribution in [2.75, 3.05) is 10.6 Å². The molecule has 0 aliphatic heterocycles. The highest BCUT2D eigenvalue weighted by Crippen LogP contribution is 2.31. The van der Waals surface area contributed by atoms with Gasteiger partial charge in [0.05, 0.1) is 35.4 Å². The molecule has 0 aliphatic carbocycles. The van der Waals surface area contributed by atoms with Crippen LogP contribution in [0.3, 0.4) is 0 Å². The lowest BCUT2D eigenvalue weighted by Gasteiger charge is -2.18. The Hall–Kier alpha value is -5.03. The predicted molar refractivity (Wildman–Crippen MR) is 154 cm³/mol. The molecule has 0 fully saturated rings. The van der Waals surface area contributed by atoms with Crippen LogP contribution in [0.15, 0.2) is 79.4 Å². The largest absolute Gasteiger partial charge is 0.457 e. The van der Waals surface area contributed by atoms with Crippen molar-refractivity contribution in [3.63, 3.8) is 0 Å². The molecule has 3 aromatic heterocycles. The average molecular weight is 556 g/mol. The number of benzene rings is 2. The number of aromatic nitrogens is 5. The van der Waals surface area contributed by atoms with Gasteiger partial charge in [0.25, 0.3) is 0 Å². The van der Waals surface area contributed by atoms with Crippen molar-refractivity contribution in [1.29, 1.82) is 0 Å². The first-order valence-electron chi connectivity index (χ1n) is 12.9. The summed E-state index contributed by atoms with van der Waals surface area (Å²) in [5.41, 5.74) is 3.53. The Labute approximate surface area is 236 Å². The van der Waals surface area contributed by atoms with Crippen LogP contribution in [0.1, 0.15) is 26.3 Å². The summed E-state index contributed by atoms with van der Waals surface area (Å²) >= 11 is 0. The van der Waals surface area contributed by atoms with Gasteiger partial charge in [-0.05, 0) is 50.6 Å². The minimum absolute atomic E-state index is 0.0207. The molecular formula is C30H30FN7O3. The number of anilines is 2. The Kier molecular flexibility index (Phi) is 7.54. The van der Waals surface area contributed by atoms with Gasteiger partial charge in [0.15, 0.2) is 0 Å². The summed E-state index contributed by atoms with van der Waals surface area (Å²) in [6.07, 6.45) is 6.86. The number of nitrogens with one attached hydrogen (secondary N) is 2. The molecule has 5 rings (SSSR count). The number of nitrogens with zero attached hydrogens (tertiary/aromatic N) is 5. The van der Waals surface area contributed by atoms with Crippen LogP contribution < -0.4 is 15.4 Å². The molecule has 41 heavy (non-hydrogen) atoms. The fourth-order valence-corrected chi connectivity index (χ4v) is 4.10. The van der Waals surface area contributed by atoms with E-state index in [0.29, 0.717) is 28.4 Å². The third-order valence-electron chi connectivity index (χ3n) is 6.19. The van der Waals surface area contributed by atoms with Gasteiger partial charge in [0, 0.05) is 48.9 Å². The number of halogens is 1. The van der Waals surface area contributed by atoms with Crippen molar-refractivity contribution in [2.45, 2.75) is 32.9 Å². The van der Waals surface area contributed by atoms with Crippen LogP contribution in [0.4, 0.5) is 20.6 Å². The Morgan fingerprint density at radius 3 is 2.49 bits per heavy atom. The number of aliphatic hydroxyl groups is 1. The molecule has 0 saturated heterocycles. The Bertz CT molecular complexity index is 1700. The molecule has 0 radical (unpaired) electrons. The Morgan fingerprint density at radius 2 is 1.78 bits per heavy atom. The molecule has 0 unspecified atom stereocenters. The first kappa shape index (κ1) is 27.5. The number of carbonyl (C=O) groups is 1. The first-order chi connectivity index (χ1) is 19.6. The van der Waals surface area contributed by atoms with Gasteiger partial charge in [0.2, 0.25) is 0 Å². The predicted octanol–water partition coefficient (Wildman–Crippen LogP) is 6.17. The zero-order valence-corrected chi connectivity index (χ0v) is 23.1. The molecule has 2 aromatic carbocycles. The molecule has 210 valence electrons. The van der Waals surface area contributed by atoms with Gasteiger partial charge in [-0.2, -0.15) is 10.2 Å². The monoisotopic (exact) mass is 555 g/mol. The lowest BCUT2D eigenvalue weighted by Crippen LogP contribution is -2.22. The smallest absolute Gasteiger partial charge is 0.323 e. The van der Waals surface area contributed by atoms with Gasteiger partial charge in [-0.3, -0.25) is 14.3 Å². The van der Waals surface area contributed by atoms with E-state index in [2.05, 4.69) is 25.8 Å². The van der Waals surface area contributed by atoms with Crippen LogP contribution in [-0.4, -0.2) is 35.7 Å². The summed E-state index contributed by atoms with van der Waals surface area (Å²) in [5, 5.41) is 23.7. The number of carbonyl (C=O) groups excluding carboxylic acids is 1. The number of pyridine rings is 1. The van der Waals surface area contributed by atoms with E-state index in [1.807, 2.05) is 46.1 Å². The molecule has 11 heteroatoms. The van der Waals surface area contributed by atoms with E-state index in [0.717, 1.165) is 11.1 Å². The van der Waals surface area contributed by atoms with Gasteiger partial charge in [-0.1, -0.05) is 18.2 Å². The number of aliphatic hydroxyl groups excluding tert-OH is 1. The summed E-state index contributed by atoms with van der Waals surface area (Å²) in [5.74, 6) is 0.0695. The second kappa shape index (κ2) is 11.2. The Balaban J connectivity index is 1.31. The number of ether oxygens (including phenoxy) is 1. The van der Waals surface area contributed by atoms with Gasteiger partial charge < -0.3 is 20.5 Å². The molecular weight excluding hydrogens is 525 g/mol. The van der Waals surface area contributed by atoms with E-state index in [-0.39, 0.29) is 23.6 Å². The first-order valence-corrected chi connectivity index (χ1v) is 12.9. The SMILES string of the molecule is Cn1cc(-c2cc(Oc3ccc(NC(=O)Nc4cn(C(C)(C)C)nc4-c4cccc(CO)c4)c(F)c3)ccn2)cn1. The lowest BCUT2D eigenvalue weighted by atomic mass is 10.1. The van der Waals surface area contributed by atoms with E-state index in [4.69, 9.17) is 4.74 Å². The molecule has 0 saturated carbocycles. The van der Waals surface area contributed by atoms with Gasteiger partial charge in [-0.25, -0.2) is 9.18 Å². The summed E-state index contributed by atoms with van der Waals surface area (Å²) in [6, 6.07) is 14.2. The number of amides is 2. The molecule has 0 spiro atoms. The molecule has 3 N–H and O–H groups in total. The molecule has 0 bridgehead atoms. The average Bonchev–Trinajstić information content (AvgIpc) is 3.57. The second-order valence-electron chi connectivity index (χ2n) is 10.5. The van der Waals surface area contributed by atoms with Gasteiger partial charge in [0.1, 0.15) is 23.0 Å². The number of urea groups is 1. The van der Waals surface area contributed by atoms with Crippen LogP contribution >= 0.6 is 0 Å². The van der Waals surface area contributed by atoms with E-state index < -0.39 is 11.8 Å². The van der Waals surface area contributed by atoms with Crippen LogP contribution in [0.5, 0.6) is 11.5 Å². The molecule has 0 atom stereocenters. The zero-order valence-electron chi connectivity index (χ0n) is 23.1. The van der Waals surface area contributed by atoms with Crippen LogP contribution in [-0.2, 0) is 19.2 Å². The van der Waals surface area contributed by atoms with Crippen molar-refractivity contribution in [1.82, 2.24) is 24.5 Å². The number of hydrogen-bond donors (Lipinski definition) is 3. The third-order valence-corrected chi connectivity index (χ3v) is 6.19. The number of aryl methyl sites for hydroxylation is 1. The van der Waals surface area contributed by atoms with Crippen LogP contribution in [0.2, 0.25) is 0 Å². The van der Waals surface area contributed by atoms with E-state index in [9.17, 15) is 9.90 Å². The molecule has 5 aromatic rings. The van der Waals surface area contributed by atoms with Crippen molar-refractivity contribution >= 4 is 17.4 Å². The minimum atomic E-state index is -0.666. The maximum atomic E-state index is 15.0. The topological polar surface area (TPSA) is 119 Å². The fraction of sp³-hybridized carbons (Fsp3) is 0.200. The quantitative estimate of drug-likeness (QED) is 0.221. The lowest BCUT2D eigenvalue weighted by molar-refractivity contribution is 0.262. The minimum Gasteiger partial charge on any atom is -0.457 e. The highest BCUT2D eigenvalue weighted by Gasteiger charge is 2.21. The number of hydrogen-bond acceptors (Lipinski definition) is 6. The maximum Gasteiger partial charge on any atom is 0.323 e. The van der Waals surface area contributed by atoms with Gasteiger partial charge in [-0.15, -0.1) is 0 Å². The van der Waals surface area contributed by atoms with Crippen molar-refractivity contribution in [3.8, 4) is 34.0 Å². The fourth-order valence-electron chi connectivity index (χ4n) is 4.10. The van der Waals surface area contributed by atoms with Crippen molar-refractivity contribution in [3.05, 3.63) is 90.8 Å². The normalized spacial score (nSPS) is 11.4. The standard InChI is InChI=1S/C30H30FN7O3/c1-30(2,3)38-17-27(28(36-38)20-7-5-6-19(12-20)18-39)35-29(40)34-25-9-8-22(13-24(25)31)41-23-10-11-32-26(14-23)21-15-33-37(4)16-21/h5-17,39H,18H2,1-4H3,(H2,34,35,40). The highest BCUT2D eigenvalue weighted by atomic mass is 19.1. The van der Waals surface area contributed by atoms with Gasteiger partial charge >= 0.3 is 6.03 Å². The zero-order chi connectivity index (χ0) is 29.1. The van der Waals surface area contributed by atoms with Crippen molar-refractivity contribution < 1.29 is 19.0 Å². The molecule has 10 nitrogen and oxygen atoms in total. The summed E-state index contributed by atoms with van der Waals surface area (Å²) in [7, 11) is 1.82. The summed E-state index contributed by atoms with van der Waals surface area (Å²) < 4.78 is 24.3. The van der Waals surface area contributed by atoms with E-state index in [1.54, 1.807) is 58.3 Å². The molecule has 3 heterocycles. The molecule has 2 amide bonds. The third kappa shape index (κ3) is 6.42. The van der Waals surface area contributed by atoms with Crippen LogP contribution in [0.25, 0.3) is 22.5 Å². The summed E-state index contributed by atoms with van der Waals surface area (Å²) in [4.78, 5) is 17.3. The maximum absolute atomic E-state index is 15.0. The van der Waals surface area contributed by atoms with Crippen LogP contribution in [0, 0.1) is 5.82 Å². The van der Waals surface area contributed by atoms with Crippen molar-refractivity contribution in [2.24, 2.45) is 7.05 Å². The number of rotatable bonds is 7. The second-order valence-corrected chi connectivity index (χ2v) is 10.5. The summed E-state index contributed by atoms with van der Waals surface area (Å²) in [6.45, 7) is 5.84. The van der Waals surface area contributed by atoms with E-state index >= 15 is 4.39 Å². The van der Waals surface area contributed by atoms with E-state index in [1.165, 1.54) is 12.1 Å².